The Morgan fingerprint density at radius 3 is 2.56 bits per heavy atom. The molecule has 1 aromatic heterocycles. The molecule has 0 unspecified atom stereocenters. The molecule has 5 heteroatoms. The quantitative estimate of drug-likeness (QED) is 0.948. The van der Waals surface area contributed by atoms with Gasteiger partial charge < -0.3 is 10.5 Å². The summed E-state index contributed by atoms with van der Waals surface area (Å²) in [5.74, 6) is 0.622. The molecule has 18 heavy (non-hydrogen) atoms. The van der Waals surface area contributed by atoms with E-state index in [9.17, 15) is 4.79 Å². The van der Waals surface area contributed by atoms with Gasteiger partial charge in [0.2, 0.25) is 11.8 Å². The van der Waals surface area contributed by atoms with Crippen molar-refractivity contribution in [2.24, 2.45) is 5.73 Å². The predicted molar refractivity (Wildman–Crippen MR) is 71.7 cm³/mol. The molecule has 0 aliphatic rings. The highest BCUT2D eigenvalue weighted by molar-refractivity contribution is 9.10. The number of carbonyl (C=O) groups is 1. The van der Waals surface area contributed by atoms with Crippen LogP contribution in [-0.4, -0.2) is 10.9 Å². The minimum absolute atomic E-state index is 0.443. The topological polar surface area (TPSA) is 65.2 Å². The summed E-state index contributed by atoms with van der Waals surface area (Å²) in [5, 5.41) is 0. The molecular formula is C13H11BrN2O2. The molecule has 2 N–H and O–H groups in total. The van der Waals surface area contributed by atoms with Gasteiger partial charge in [0.05, 0.1) is 4.47 Å². The lowest BCUT2D eigenvalue weighted by atomic mass is 10.2. The molecule has 1 aromatic carbocycles. The molecular weight excluding hydrogens is 296 g/mol. The van der Waals surface area contributed by atoms with Gasteiger partial charge >= 0.3 is 0 Å². The molecule has 0 saturated heterocycles. The molecule has 0 radical (unpaired) electrons. The van der Waals surface area contributed by atoms with E-state index in [-0.39, 0.29) is 0 Å². The number of rotatable bonds is 3. The normalized spacial score (nSPS) is 10.1. The van der Waals surface area contributed by atoms with Crippen LogP contribution in [0.5, 0.6) is 11.6 Å². The van der Waals surface area contributed by atoms with E-state index in [1.165, 1.54) is 0 Å². The highest BCUT2D eigenvalue weighted by Gasteiger charge is 2.07. The fourth-order valence-electron chi connectivity index (χ4n) is 1.39. The first-order valence-corrected chi connectivity index (χ1v) is 6.06. The van der Waals surface area contributed by atoms with Crippen LogP contribution in [-0.2, 0) is 0 Å². The van der Waals surface area contributed by atoms with Gasteiger partial charge in [-0.3, -0.25) is 4.79 Å². The van der Waals surface area contributed by atoms with Crippen molar-refractivity contribution in [1.82, 2.24) is 4.98 Å². The molecule has 0 spiro atoms. The van der Waals surface area contributed by atoms with E-state index in [2.05, 4.69) is 20.9 Å². The van der Waals surface area contributed by atoms with Crippen molar-refractivity contribution in [2.45, 2.75) is 6.92 Å². The van der Waals surface area contributed by atoms with E-state index in [1.807, 2.05) is 13.0 Å². The molecule has 0 aliphatic heterocycles. The van der Waals surface area contributed by atoms with Crippen LogP contribution in [0.15, 0.2) is 41.0 Å². The van der Waals surface area contributed by atoms with Crippen molar-refractivity contribution < 1.29 is 9.53 Å². The van der Waals surface area contributed by atoms with Crippen LogP contribution in [0.3, 0.4) is 0 Å². The first kappa shape index (κ1) is 12.6. The van der Waals surface area contributed by atoms with Gasteiger partial charge in [-0.2, -0.15) is 0 Å². The summed E-state index contributed by atoms with van der Waals surface area (Å²) in [4.78, 5) is 15.1. The van der Waals surface area contributed by atoms with Gasteiger partial charge in [0.1, 0.15) is 5.75 Å². The Morgan fingerprint density at radius 2 is 1.94 bits per heavy atom. The average Bonchev–Trinajstić information content (AvgIpc) is 2.36. The van der Waals surface area contributed by atoms with Crippen molar-refractivity contribution in [2.75, 3.05) is 0 Å². The molecule has 0 saturated carbocycles. The lowest BCUT2D eigenvalue weighted by Crippen LogP contribution is -2.10. The molecule has 2 aromatic rings. The number of carbonyl (C=O) groups excluding carboxylic acids is 1. The number of nitrogens with two attached hydrogens (primary N) is 1. The summed E-state index contributed by atoms with van der Waals surface area (Å²) < 4.78 is 6.42. The van der Waals surface area contributed by atoms with Crippen LogP contribution in [0.4, 0.5) is 0 Å². The maximum atomic E-state index is 10.9. The number of hydrogen-bond donors (Lipinski definition) is 1. The van der Waals surface area contributed by atoms with Gasteiger partial charge in [-0.1, -0.05) is 0 Å². The van der Waals surface area contributed by atoms with Crippen molar-refractivity contribution in [1.29, 1.82) is 0 Å². The highest BCUT2D eigenvalue weighted by Crippen LogP contribution is 2.29. The lowest BCUT2D eigenvalue weighted by Gasteiger charge is -2.08. The average molecular weight is 307 g/mol. The molecule has 4 nitrogen and oxygen atoms in total. The summed E-state index contributed by atoms with van der Waals surface area (Å²) in [6.45, 7) is 1.95. The second-order valence-corrected chi connectivity index (χ2v) is 4.53. The highest BCUT2D eigenvalue weighted by atomic mass is 79.9. The maximum absolute atomic E-state index is 10.9. The van der Waals surface area contributed by atoms with E-state index in [0.29, 0.717) is 17.2 Å². The maximum Gasteiger partial charge on any atom is 0.248 e. The third-order valence-corrected chi connectivity index (χ3v) is 3.37. The zero-order chi connectivity index (χ0) is 13.1. The Balaban J connectivity index is 2.24. The third-order valence-electron chi connectivity index (χ3n) is 2.40. The Hall–Kier alpha value is -1.88. The SMILES string of the molecule is Cc1ccnc(Oc2ccc(C(N)=O)cc2)c1Br. The number of hydrogen-bond acceptors (Lipinski definition) is 3. The summed E-state index contributed by atoms with van der Waals surface area (Å²) in [6, 6.07) is 8.46. The fourth-order valence-corrected chi connectivity index (χ4v) is 1.70. The Kier molecular flexibility index (Phi) is 3.62. The minimum atomic E-state index is -0.462. The second-order valence-electron chi connectivity index (χ2n) is 3.74. The van der Waals surface area contributed by atoms with Gasteiger partial charge in [0.15, 0.2) is 0 Å². The second kappa shape index (κ2) is 5.18. The number of pyridine rings is 1. The third kappa shape index (κ3) is 2.68. The number of amides is 1. The van der Waals surface area contributed by atoms with E-state index in [0.717, 1.165) is 10.0 Å². The molecule has 0 atom stereocenters. The van der Waals surface area contributed by atoms with Crippen LogP contribution in [0.2, 0.25) is 0 Å². The molecule has 92 valence electrons. The van der Waals surface area contributed by atoms with Gasteiger partial charge in [0, 0.05) is 11.8 Å². The van der Waals surface area contributed by atoms with E-state index in [1.54, 1.807) is 30.5 Å². The van der Waals surface area contributed by atoms with Crippen LogP contribution in [0, 0.1) is 6.92 Å². The number of primary amides is 1. The van der Waals surface area contributed by atoms with Crippen molar-refractivity contribution in [3.05, 3.63) is 52.1 Å². The molecule has 2 rings (SSSR count). The van der Waals surface area contributed by atoms with Gasteiger partial charge in [-0.25, -0.2) is 4.98 Å². The van der Waals surface area contributed by atoms with E-state index in [4.69, 9.17) is 10.5 Å². The number of nitrogens with zero attached hydrogens (tertiary/aromatic N) is 1. The van der Waals surface area contributed by atoms with Crippen molar-refractivity contribution in [3.8, 4) is 11.6 Å². The number of halogens is 1. The zero-order valence-corrected chi connectivity index (χ0v) is 11.3. The molecule has 1 amide bonds. The molecule has 0 aliphatic carbocycles. The van der Waals surface area contributed by atoms with Gasteiger partial charge in [0.25, 0.3) is 0 Å². The summed E-state index contributed by atoms with van der Waals surface area (Å²) in [6.07, 6.45) is 1.67. The van der Waals surface area contributed by atoms with Gasteiger partial charge in [-0.15, -0.1) is 0 Å². The number of benzene rings is 1. The first-order chi connectivity index (χ1) is 8.58. The molecule has 0 fully saturated rings. The van der Waals surface area contributed by atoms with E-state index >= 15 is 0 Å². The smallest absolute Gasteiger partial charge is 0.248 e. The summed E-state index contributed by atoms with van der Waals surface area (Å²) in [5.41, 5.74) is 6.64. The van der Waals surface area contributed by atoms with Crippen LogP contribution in [0.1, 0.15) is 15.9 Å². The van der Waals surface area contributed by atoms with Crippen molar-refractivity contribution >= 4 is 21.8 Å². The zero-order valence-electron chi connectivity index (χ0n) is 9.68. The summed E-state index contributed by atoms with van der Waals surface area (Å²) >= 11 is 3.41. The number of aryl methyl sites for hydroxylation is 1. The summed E-state index contributed by atoms with van der Waals surface area (Å²) in [7, 11) is 0. The Bertz CT molecular complexity index is 582. The van der Waals surface area contributed by atoms with Crippen LogP contribution >= 0.6 is 15.9 Å². The first-order valence-electron chi connectivity index (χ1n) is 5.27. The Labute approximate surface area is 113 Å². The standard InChI is InChI=1S/C13H11BrN2O2/c1-8-6-7-16-13(11(8)14)18-10-4-2-9(3-5-10)12(15)17/h2-7H,1H3,(H2,15,17). The van der Waals surface area contributed by atoms with Gasteiger partial charge in [-0.05, 0) is 58.7 Å². The minimum Gasteiger partial charge on any atom is -0.438 e. The predicted octanol–water partition coefficient (Wildman–Crippen LogP) is 3.04. The Morgan fingerprint density at radius 1 is 1.28 bits per heavy atom. The molecule has 0 bridgehead atoms. The largest absolute Gasteiger partial charge is 0.438 e. The number of aromatic nitrogens is 1. The monoisotopic (exact) mass is 306 g/mol. The van der Waals surface area contributed by atoms with Crippen molar-refractivity contribution in [3.63, 3.8) is 0 Å². The van der Waals surface area contributed by atoms with E-state index < -0.39 is 5.91 Å². The lowest BCUT2D eigenvalue weighted by molar-refractivity contribution is 0.100. The van der Waals surface area contributed by atoms with Crippen LogP contribution in [0.25, 0.3) is 0 Å². The molecule has 1 heterocycles. The fraction of sp³-hybridized carbons (Fsp3) is 0.0769. The van der Waals surface area contributed by atoms with Crippen LogP contribution < -0.4 is 10.5 Å². The number of ether oxygens (including phenoxy) is 1.